The number of rotatable bonds is 4. The minimum absolute atomic E-state index is 0.564. The molecule has 1 atom stereocenters. The van der Waals surface area contributed by atoms with Gasteiger partial charge in [0.1, 0.15) is 5.82 Å². The van der Waals surface area contributed by atoms with E-state index in [1.165, 1.54) is 6.42 Å². The zero-order valence-electron chi connectivity index (χ0n) is 15.8. The van der Waals surface area contributed by atoms with Gasteiger partial charge in [-0.1, -0.05) is 0 Å². The summed E-state index contributed by atoms with van der Waals surface area (Å²) in [5.74, 6) is 2.25. The second kappa shape index (κ2) is 7.03. The quantitative estimate of drug-likeness (QED) is 0.546. The number of aromatic nitrogens is 7. The fraction of sp³-hybridized carbons (Fsp3) is 0.350. The van der Waals surface area contributed by atoms with E-state index in [-0.39, 0.29) is 0 Å². The Morgan fingerprint density at radius 2 is 2.00 bits per heavy atom. The minimum Gasteiger partial charge on any atom is -0.356 e. The normalized spacial score (nSPS) is 17.3. The van der Waals surface area contributed by atoms with Crippen LogP contribution in [0.15, 0.2) is 49.4 Å². The van der Waals surface area contributed by atoms with Gasteiger partial charge >= 0.3 is 0 Å². The Morgan fingerprint density at radius 3 is 2.82 bits per heavy atom. The van der Waals surface area contributed by atoms with Crippen molar-refractivity contribution in [2.75, 3.05) is 18.0 Å². The van der Waals surface area contributed by atoms with Crippen LogP contribution < -0.4 is 4.90 Å². The van der Waals surface area contributed by atoms with E-state index in [9.17, 15) is 0 Å². The fourth-order valence-corrected chi connectivity index (χ4v) is 3.98. The molecule has 4 aromatic rings. The number of imidazole rings is 1. The summed E-state index contributed by atoms with van der Waals surface area (Å²) in [7, 11) is 1.92. The van der Waals surface area contributed by atoms with Crippen molar-refractivity contribution in [2.45, 2.75) is 19.4 Å². The molecule has 4 aromatic heterocycles. The third kappa shape index (κ3) is 3.11. The zero-order valence-corrected chi connectivity index (χ0v) is 15.8. The molecular formula is C20H22N8. The lowest BCUT2D eigenvalue weighted by Gasteiger charge is -2.34. The molecule has 0 amide bonds. The number of aryl methyl sites for hydroxylation is 1. The summed E-state index contributed by atoms with van der Waals surface area (Å²) in [6, 6.07) is 3.89. The second-order valence-electron chi connectivity index (χ2n) is 7.33. The standard InChI is InChI=1S/C20H22N8/c1-26-19-17(11-23-26)20(25-18(24-19)16-4-6-21-7-5-16)28-9-2-3-15(13-28)12-27-10-8-22-14-27/h4-8,10-11,14-15H,2-3,9,12-13H2,1H3. The molecule has 0 bridgehead atoms. The molecule has 1 fully saturated rings. The van der Waals surface area contributed by atoms with Gasteiger partial charge in [-0.05, 0) is 30.9 Å². The summed E-state index contributed by atoms with van der Waals surface area (Å²) >= 11 is 0. The first-order valence-electron chi connectivity index (χ1n) is 9.59. The second-order valence-corrected chi connectivity index (χ2v) is 7.33. The van der Waals surface area contributed by atoms with Crippen LogP contribution in [0.5, 0.6) is 0 Å². The van der Waals surface area contributed by atoms with E-state index in [0.29, 0.717) is 11.7 Å². The summed E-state index contributed by atoms with van der Waals surface area (Å²) in [5, 5.41) is 5.43. The molecule has 8 heteroatoms. The first kappa shape index (κ1) is 16.9. The third-order valence-electron chi connectivity index (χ3n) is 5.36. The lowest BCUT2D eigenvalue weighted by Crippen LogP contribution is -2.37. The van der Waals surface area contributed by atoms with Crippen molar-refractivity contribution in [3.63, 3.8) is 0 Å². The van der Waals surface area contributed by atoms with Gasteiger partial charge in [-0.2, -0.15) is 5.10 Å². The largest absolute Gasteiger partial charge is 0.356 e. The number of piperidine rings is 1. The van der Waals surface area contributed by atoms with E-state index in [1.54, 1.807) is 12.4 Å². The van der Waals surface area contributed by atoms with Gasteiger partial charge in [0.05, 0.1) is 17.9 Å². The molecule has 142 valence electrons. The van der Waals surface area contributed by atoms with Gasteiger partial charge < -0.3 is 9.47 Å². The predicted molar refractivity (Wildman–Crippen MR) is 107 cm³/mol. The monoisotopic (exact) mass is 374 g/mol. The first-order valence-corrected chi connectivity index (χ1v) is 9.59. The SMILES string of the molecule is Cn1ncc2c(N3CCCC(Cn4ccnc4)C3)nc(-c3ccncc3)nc21. The minimum atomic E-state index is 0.564. The third-order valence-corrected chi connectivity index (χ3v) is 5.36. The van der Waals surface area contributed by atoms with Gasteiger partial charge in [-0.15, -0.1) is 0 Å². The van der Waals surface area contributed by atoms with Crippen LogP contribution in [0.4, 0.5) is 5.82 Å². The van der Waals surface area contributed by atoms with Crippen molar-refractivity contribution in [3.05, 3.63) is 49.4 Å². The Labute approximate surface area is 162 Å². The van der Waals surface area contributed by atoms with Gasteiger partial charge in [0.15, 0.2) is 11.5 Å². The lowest BCUT2D eigenvalue weighted by atomic mass is 9.97. The molecule has 28 heavy (non-hydrogen) atoms. The Balaban J connectivity index is 1.52. The van der Waals surface area contributed by atoms with Crippen molar-refractivity contribution in [2.24, 2.45) is 13.0 Å². The van der Waals surface area contributed by atoms with Crippen molar-refractivity contribution in [1.29, 1.82) is 0 Å². The van der Waals surface area contributed by atoms with Crippen molar-refractivity contribution in [3.8, 4) is 11.4 Å². The van der Waals surface area contributed by atoms with Crippen molar-refractivity contribution < 1.29 is 0 Å². The Bertz CT molecular complexity index is 1070. The summed E-state index contributed by atoms with van der Waals surface area (Å²) in [6.07, 6.45) is 13.5. The van der Waals surface area contributed by atoms with Gasteiger partial charge in [0, 0.05) is 57.0 Å². The highest BCUT2D eigenvalue weighted by Gasteiger charge is 2.24. The van der Waals surface area contributed by atoms with Crippen LogP contribution in [0.25, 0.3) is 22.4 Å². The summed E-state index contributed by atoms with van der Waals surface area (Å²) in [4.78, 5) is 20.4. The van der Waals surface area contributed by atoms with Gasteiger partial charge in [0.25, 0.3) is 0 Å². The fourth-order valence-electron chi connectivity index (χ4n) is 3.98. The molecule has 1 saturated heterocycles. The number of anilines is 1. The van der Waals surface area contributed by atoms with E-state index >= 15 is 0 Å². The summed E-state index contributed by atoms with van der Waals surface area (Å²) in [6.45, 7) is 2.95. The molecule has 5 heterocycles. The maximum absolute atomic E-state index is 4.95. The van der Waals surface area contributed by atoms with E-state index < -0.39 is 0 Å². The number of nitrogens with zero attached hydrogens (tertiary/aromatic N) is 8. The molecule has 1 aliphatic rings. The van der Waals surface area contributed by atoms with Crippen LogP contribution in [0, 0.1) is 5.92 Å². The molecule has 0 N–H and O–H groups in total. The van der Waals surface area contributed by atoms with Gasteiger partial charge in [-0.25, -0.2) is 15.0 Å². The molecule has 1 unspecified atom stereocenters. The highest BCUT2D eigenvalue weighted by atomic mass is 15.3. The lowest BCUT2D eigenvalue weighted by molar-refractivity contribution is 0.365. The molecule has 0 saturated carbocycles. The predicted octanol–water partition coefficient (Wildman–Crippen LogP) is 2.54. The van der Waals surface area contributed by atoms with E-state index in [0.717, 1.165) is 48.5 Å². The average molecular weight is 374 g/mol. The van der Waals surface area contributed by atoms with Crippen molar-refractivity contribution in [1.82, 2.24) is 34.3 Å². The Hall–Kier alpha value is -3.29. The molecule has 0 aromatic carbocycles. The van der Waals surface area contributed by atoms with Crippen LogP contribution in [0.1, 0.15) is 12.8 Å². The number of pyridine rings is 1. The first-order chi connectivity index (χ1) is 13.8. The van der Waals surface area contributed by atoms with Gasteiger partial charge in [-0.3, -0.25) is 9.67 Å². The molecule has 5 rings (SSSR count). The topological polar surface area (TPSA) is 77.5 Å². The molecule has 8 nitrogen and oxygen atoms in total. The molecule has 0 spiro atoms. The Kier molecular flexibility index (Phi) is 4.23. The maximum atomic E-state index is 4.95. The molecular weight excluding hydrogens is 352 g/mol. The van der Waals surface area contributed by atoms with E-state index in [2.05, 4.69) is 24.5 Å². The summed E-state index contributed by atoms with van der Waals surface area (Å²) < 4.78 is 3.98. The number of fused-ring (bicyclic) bond motifs is 1. The van der Waals surface area contributed by atoms with Crippen LogP contribution in [-0.2, 0) is 13.6 Å². The van der Waals surface area contributed by atoms with Gasteiger partial charge in [0.2, 0.25) is 0 Å². The molecule has 0 aliphatic carbocycles. The van der Waals surface area contributed by atoms with Crippen LogP contribution >= 0.6 is 0 Å². The highest BCUT2D eigenvalue weighted by Crippen LogP contribution is 2.30. The Morgan fingerprint density at radius 1 is 1.11 bits per heavy atom. The number of hydrogen-bond donors (Lipinski definition) is 0. The smallest absolute Gasteiger partial charge is 0.164 e. The van der Waals surface area contributed by atoms with Crippen LogP contribution in [-0.4, -0.2) is 47.4 Å². The van der Waals surface area contributed by atoms with Crippen molar-refractivity contribution >= 4 is 16.9 Å². The van der Waals surface area contributed by atoms with E-state index in [1.807, 2.05) is 48.8 Å². The van der Waals surface area contributed by atoms with Crippen LogP contribution in [0.2, 0.25) is 0 Å². The maximum Gasteiger partial charge on any atom is 0.164 e. The van der Waals surface area contributed by atoms with Crippen LogP contribution in [0.3, 0.4) is 0 Å². The zero-order chi connectivity index (χ0) is 18.9. The highest BCUT2D eigenvalue weighted by molar-refractivity contribution is 5.88. The molecule has 0 radical (unpaired) electrons. The average Bonchev–Trinajstić information content (AvgIpc) is 3.38. The summed E-state index contributed by atoms with van der Waals surface area (Å²) in [5.41, 5.74) is 1.82. The van der Waals surface area contributed by atoms with E-state index in [4.69, 9.17) is 9.97 Å². The number of hydrogen-bond acceptors (Lipinski definition) is 6. The molecule has 1 aliphatic heterocycles.